The Bertz CT molecular complexity index is 2450. The van der Waals surface area contributed by atoms with Crippen molar-refractivity contribution in [3.8, 4) is 11.1 Å². The minimum Gasteiger partial charge on any atom is -0.456 e. The largest absolute Gasteiger partial charge is 0.456 e. The Morgan fingerprint density at radius 1 is 0.465 bits per heavy atom. The lowest BCUT2D eigenvalue weighted by atomic mass is 10.0. The molecule has 4 nitrogen and oxygen atoms in total. The second kappa shape index (κ2) is 9.33. The number of fused-ring (bicyclic) bond motifs is 8. The minimum atomic E-state index is 0.725. The third-order valence-electron chi connectivity index (χ3n) is 8.33. The van der Waals surface area contributed by atoms with E-state index >= 15 is 0 Å². The molecule has 0 aliphatic rings. The van der Waals surface area contributed by atoms with Gasteiger partial charge in [0.05, 0.1) is 11.1 Å². The molecule has 0 spiro atoms. The summed E-state index contributed by atoms with van der Waals surface area (Å²) >= 11 is 0. The van der Waals surface area contributed by atoms with Crippen molar-refractivity contribution in [1.82, 2.24) is 4.98 Å². The number of rotatable bonds is 4. The number of pyridine rings is 1. The van der Waals surface area contributed by atoms with Gasteiger partial charge in [-0.05, 0) is 59.0 Å². The van der Waals surface area contributed by atoms with Crippen LogP contribution in [0.4, 0.5) is 17.2 Å². The fourth-order valence-corrected chi connectivity index (χ4v) is 6.33. The molecule has 4 heteroatoms. The van der Waals surface area contributed by atoms with Crippen LogP contribution in [0.25, 0.3) is 65.8 Å². The number of hydrogen-bond acceptors (Lipinski definition) is 4. The summed E-state index contributed by atoms with van der Waals surface area (Å²) in [6.07, 6.45) is 1.88. The van der Waals surface area contributed by atoms with Crippen molar-refractivity contribution in [2.75, 3.05) is 4.90 Å². The van der Waals surface area contributed by atoms with Gasteiger partial charge in [-0.3, -0.25) is 4.90 Å². The average molecular weight is 553 g/mol. The molecule has 0 radical (unpaired) electrons. The van der Waals surface area contributed by atoms with Crippen molar-refractivity contribution in [2.24, 2.45) is 0 Å². The standard InChI is InChI=1S/C39H24N2O2/c1-2-9-25(10-3-1)26-17-20-28(21-18-26)41(33-14-8-16-35-36(33)32-13-6-7-15-34(32)42-35)39-38-31(23-24-40-39)30-22-19-27-11-4-5-12-29(27)37(30)43-38/h1-24H. The number of benzene rings is 6. The first-order valence-corrected chi connectivity index (χ1v) is 14.4. The molecule has 0 unspecified atom stereocenters. The molecule has 9 aromatic rings. The SMILES string of the molecule is c1ccc(-c2ccc(N(c3nccc4c3oc3c5ccccc5ccc43)c3cccc4oc5ccccc5c34)cc2)cc1. The number of anilines is 3. The van der Waals surface area contributed by atoms with Crippen molar-refractivity contribution in [3.05, 3.63) is 146 Å². The maximum absolute atomic E-state index is 6.77. The summed E-state index contributed by atoms with van der Waals surface area (Å²) in [5.41, 5.74) is 7.56. The first-order chi connectivity index (χ1) is 21.3. The monoisotopic (exact) mass is 552 g/mol. The maximum atomic E-state index is 6.77. The second-order valence-corrected chi connectivity index (χ2v) is 10.8. The van der Waals surface area contributed by atoms with Crippen LogP contribution in [0.3, 0.4) is 0 Å². The minimum absolute atomic E-state index is 0.725. The summed E-state index contributed by atoms with van der Waals surface area (Å²) in [6, 6.07) is 48.2. The summed E-state index contributed by atoms with van der Waals surface area (Å²) in [6.45, 7) is 0. The van der Waals surface area contributed by atoms with Crippen molar-refractivity contribution >= 4 is 71.8 Å². The lowest BCUT2D eigenvalue weighted by molar-refractivity contribution is 0.668. The van der Waals surface area contributed by atoms with Gasteiger partial charge in [-0.15, -0.1) is 0 Å². The van der Waals surface area contributed by atoms with Gasteiger partial charge in [0.15, 0.2) is 11.4 Å². The molecular formula is C39H24N2O2. The highest BCUT2D eigenvalue weighted by molar-refractivity contribution is 6.18. The van der Waals surface area contributed by atoms with Gasteiger partial charge in [-0.2, -0.15) is 0 Å². The van der Waals surface area contributed by atoms with Crippen LogP contribution >= 0.6 is 0 Å². The Balaban J connectivity index is 1.34. The van der Waals surface area contributed by atoms with Crippen LogP contribution in [0.15, 0.2) is 155 Å². The van der Waals surface area contributed by atoms with E-state index in [1.54, 1.807) is 0 Å². The van der Waals surface area contributed by atoms with Gasteiger partial charge in [0.2, 0.25) is 0 Å². The lowest BCUT2D eigenvalue weighted by Gasteiger charge is -2.25. The van der Waals surface area contributed by atoms with Crippen molar-refractivity contribution in [1.29, 1.82) is 0 Å². The van der Waals surface area contributed by atoms with Gasteiger partial charge in [0.1, 0.15) is 16.7 Å². The van der Waals surface area contributed by atoms with Crippen LogP contribution in [0.1, 0.15) is 0 Å². The Morgan fingerprint density at radius 2 is 1.19 bits per heavy atom. The zero-order valence-electron chi connectivity index (χ0n) is 23.1. The summed E-state index contributed by atoms with van der Waals surface area (Å²) in [7, 11) is 0. The van der Waals surface area contributed by atoms with E-state index in [0.717, 1.165) is 77.4 Å². The molecular weight excluding hydrogens is 528 g/mol. The van der Waals surface area contributed by atoms with E-state index in [1.165, 1.54) is 5.56 Å². The van der Waals surface area contributed by atoms with Gasteiger partial charge in [-0.25, -0.2) is 4.98 Å². The molecule has 9 rings (SSSR count). The van der Waals surface area contributed by atoms with E-state index in [9.17, 15) is 0 Å². The Morgan fingerprint density at radius 3 is 2.07 bits per heavy atom. The van der Waals surface area contributed by atoms with Gasteiger partial charge in [-0.1, -0.05) is 97.1 Å². The fraction of sp³-hybridized carbons (Fsp3) is 0. The normalized spacial score (nSPS) is 11.7. The van der Waals surface area contributed by atoms with Crippen LogP contribution < -0.4 is 4.90 Å². The summed E-state index contributed by atoms with van der Waals surface area (Å²) in [4.78, 5) is 7.19. The number of furan rings is 2. The predicted octanol–water partition coefficient (Wildman–Crippen LogP) is 11.2. The Kier molecular flexibility index (Phi) is 5.16. The quantitative estimate of drug-likeness (QED) is 0.218. The van der Waals surface area contributed by atoms with Gasteiger partial charge >= 0.3 is 0 Å². The number of nitrogens with zero attached hydrogens (tertiary/aromatic N) is 2. The molecule has 0 N–H and O–H groups in total. The van der Waals surface area contributed by atoms with E-state index in [4.69, 9.17) is 13.8 Å². The van der Waals surface area contributed by atoms with E-state index in [-0.39, 0.29) is 0 Å². The zero-order valence-corrected chi connectivity index (χ0v) is 23.1. The van der Waals surface area contributed by atoms with Crippen molar-refractivity contribution < 1.29 is 8.83 Å². The number of hydrogen-bond donors (Lipinski definition) is 0. The molecule has 0 aliphatic heterocycles. The molecule has 0 atom stereocenters. The summed E-state index contributed by atoms with van der Waals surface area (Å²) in [5.74, 6) is 0.725. The van der Waals surface area contributed by atoms with E-state index in [2.05, 4.69) is 108 Å². The summed E-state index contributed by atoms with van der Waals surface area (Å²) in [5, 5.41) is 6.42. The third kappa shape index (κ3) is 3.67. The molecule has 0 aliphatic carbocycles. The van der Waals surface area contributed by atoms with Gasteiger partial charge in [0.25, 0.3) is 0 Å². The van der Waals surface area contributed by atoms with Crippen molar-refractivity contribution in [3.63, 3.8) is 0 Å². The third-order valence-corrected chi connectivity index (χ3v) is 8.33. The smallest absolute Gasteiger partial charge is 0.181 e. The Labute approximate surface area is 247 Å². The number of aromatic nitrogens is 1. The molecule has 202 valence electrons. The molecule has 6 aromatic carbocycles. The maximum Gasteiger partial charge on any atom is 0.181 e. The van der Waals surface area contributed by atoms with E-state index in [0.29, 0.717) is 0 Å². The lowest BCUT2D eigenvalue weighted by Crippen LogP contribution is -2.12. The molecule has 0 fully saturated rings. The molecule has 43 heavy (non-hydrogen) atoms. The first-order valence-electron chi connectivity index (χ1n) is 14.4. The zero-order chi connectivity index (χ0) is 28.3. The Hall–Kier alpha value is -5.87. The number of para-hydroxylation sites is 1. The molecule has 3 heterocycles. The van der Waals surface area contributed by atoms with Crippen LogP contribution in [-0.4, -0.2) is 4.98 Å². The molecule has 0 bridgehead atoms. The molecule has 0 saturated carbocycles. The van der Waals surface area contributed by atoms with E-state index < -0.39 is 0 Å². The highest BCUT2D eigenvalue weighted by Gasteiger charge is 2.24. The van der Waals surface area contributed by atoms with Gasteiger partial charge in [0, 0.05) is 33.4 Å². The predicted molar refractivity (Wildman–Crippen MR) is 176 cm³/mol. The topological polar surface area (TPSA) is 42.4 Å². The van der Waals surface area contributed by atoms with Crippen LogP contribution in [0, 0.1) is 0 Å². The van der Waals surface area contributed by atoms with Crippen LogP contribution in [0.5, 0.6) is 0 Å². The molecule has 0 amide bonds. The second-order valence-electron chi connectivity index (χ2n) is 10.8. The van der Waals surface area contributed by atoms with Crippen LogP contribution in [0.2, 0.25) is 0 Å². The molecule has 3 aromatic heterocycles. The van der Waals surface area contributed by atoms with E-state index in [1.807, 2.05) is 42.6 Å². The highest BCUT2D eigenvalue weighted by atomic mass is 16.3. The first kappa shape index (κ1) is 23.8. The average Bonchev–Trinajstić information content (AvgIpc) is 3.65. The van der Waals surface area contributed by atoms with Gasteiger partial charge < -0.3 is 8.83 Å². The highest BCUT2D eigenvalue weighted by Crippen LogP contribution is 2.46. The summed E-state index contributed by atoms with van der Waals surface area (Å²) < 4.78 is 13.1. The fourth-order valence-electron chi connectivity index (χ4n) is 6.33. The van der Waals surface area contributed by atoms with Crippen LogP contribution in [-0.2, 0) is 0 Å². The molecule has 0 saturated heterocycles. The van der Waals surface area contributed by atoms with Crippen molar-refractivity contribution in [2.45, 2.75) is 0 Å².